The first-order valence-corrected chi connectivity index (χ1v) is 7.42. The third-order valence-corrected chi connectivity index (χ3v) is 3.85. The van der Waals surface area contributed by atoms with Gasteiger partial charge in [0.05, 0.1) is 5.69 Å². The molecule has 2 amide bonds. The van der Waals surface area contributed by atoms with Crippen LogP contribution < -0.4 is 15.4 Å². The molecule has 1 atom stereocenters. The second kappa shape index (κ2) is 5.76. The standard InChI is InChI=1S/C18H18N2O3/c1-12-6-5-7-13(10-12)11-19-16(21)18(2)17(22)20-14-8-3-4-9-15(14)23-18/h3-10H,11H2,1-2H3,(H,19,21)(H,20,22)/t18-/m1/s1. The topological polar surface area (TPSA) is 67.4 Å². The van der Waals surface area contributed by atoms with Crippen LogP contribution in [0.4, 0.5) is 5.69 Å². The Morgan fingerprint density at radius 3 is 2.78 bits per heavy atom. The zero-order valence-corrected chi connectivity index (χ0v) is 13.1. The second-order valence-electron chi connectivity index (χ2n) is 5.76. The number of carbonyl (C=O) groups is 2. The Bertz CT molecular complexity index is 772. The van der Waals surface area contributed by atoms with Crippen molar-refractivity contribution in [3.05, 3.63) is 59.7 Å². The summed E-state index contributed by atoms with van der Waals surface area (Å²) < 4.78 is 5.68. The van der Waals surface area contributed by atoms with Gasteiger partial charge in [-0.15, -0.1) is 0 Å². The van der Waals surface area contributed by atoms with Gasteiger partial charge in [-0.05, 0) is 31.5 Å². The van der Waals surface area contributed by atoms with E-state index in [1.165, 1.54) is 6.92 Å². The Balaban J connectivity index is 1.75. The minimum atomic E-state index is -1.59. The maximum atomic E-state index is 12.5. The molecular weight excluding hydrogens is 292 g/mol. The fourth-order valence-electron chi connectivity index (χ4n) is 2.49. The molecule has 0 spiro atoms. The van der Waals surface area contributed by atoms with Crippen molar-refractivity contribution in [3.63, 3.8) is 0 Å². The zero-order chi connectivity index (χ0) is 16.4. The molecule has 0 fully saturated rings. The molecule has 2 N–H and O–H groups in total. The highest BCUT2D eigenvalue weighted by Gasteiger charge is 2.47. The first-order valence-electron chi connectivity index (χ1n) is 7.42. The molecule has 5 heteroatoms. The summed E-state index contributed by atoms with van der Waals surface area (Å²) in [5, 5.41) is 5.49. The number of carbonyl (C=O) groups excluding carboxylic acids is 2. The lowest BCUT2D eigenvalue weighted by Crippen LogP contribution is -2.58. The number of hydrogen-bond acceptors (Lipinski definition) is 3. The molecule has 0 saturated heterocycles. The van der Waals surface area contributed by atoms with Crippen LogP contribution in [0.1, 0.15) is 18.1 Å². The van der Waals surface area contributed by atoms with Gasteiger partial charge in [0.25, 0.3) is 17.4 Å². The predicted octanol–water partition coefficient (Wildman–Crippen LogP) is 2.40. The first kappa shape index (κ1) is 15.1. The van der Waals surface area contributed by atoms with Crippen LogP contribution in [0.15, 0.2) is 48.5 Å². The predicted molar refractivity (Wildman–Crippen MR) is 87.1 cm³/mol. The number of para-hydroxylation sites is 2. The van der Waals surface area contributed by atoms with Crippen molar-refractivity contribution in [1.82, 2.24) is 5.32 Å². The van der Waals surface area contributed by atoms with E-state index in [1.807, 2.05) is 31.2 Å². The van der Waals surface area contributed by atoms with E-state index in [0.29, 0.717) is 18.0 Å². The van der Waals surface area contributed by atoms with Gasteiger partial charge in [-0.2, -0.15) is 0 Å². The van der Waals surface area contributed by atoms with Gasteiger partial charge in [0.1, 0.15) is 5.75 Å². The number of hydrogen-bond donors (Lipinski definition) is 2. The van der Waals surface area contributed by atoms with Crippen molar-refractivity contribution in [2.24, 2.45) is 0 Å². The van der Waals surface area contributed by atoms with Gasteiger partial charge in [0.2, 0.25) is 0 Å². The molecule has 1 aliphatic rings. The van der Waals surface area contributed by atoms with Gasteiger partial charge in [0.15, 0.2) is 0 Å². The van der Waals surface area contributed by atoms with Crippen LogP contribution in [-0.4, -0.2) is 17.4 Å². The highest BCUT2D eigenvalue weighted by molar-refractivity contribution is 6.15. The van der Waals surface area contributed by atoms with Crippen LogP contribution in [0.25, 0.3) is 0 Å². The average Bonchev–Trinajstić information content (AvgIpc) is 2.53. The lowest BCUT2D eigenvalue weighted by molar-refractivity contribution is -0.146. The van der Waals surface area contributed by atoms with Crippen LogP contribution in [0.3, 0.4) is 0 Å². The largest absolute Gasteiger partial charge is 0.466 e. The number of rotatable bonds is 3. The monoisotopic (exact) mass is 310 g/mol. The van der Waals surface area contributed by atoms with Crippen molar-refractivity contribution < 1.29 is 14.3 Å². The third-order valence-electron chi connectivity index (χ3n) is 3.85. The van der Waals surface area contributed by atoms with E-state index in [2.05, 4.69) is 10.6 Å². The van der Waals surface area contributed by atoms with Gasteiger partial charge in [0, 0.05) is 6.54 Å². The summed E-state index contributed by atoms with van der Waals surface area (Å²) in [6.07, 6.45) is 0. The first-order chi connectivity index (χ1) is 11.0. The smallest absolute Gasteiger partial charge is 0.278 e. The molecule has 118 valence electrons. The molecule has 0 saturated carbocycles. The molecule has 0 bridgehead atoms. The van der Waals surface area contributed by atoms with Crippen LogP contribution in [0.5, 0.6) is 5.75 Å². The average molecular weight is 310 g/mol. The third kappa shape index (κ3) is 2.90. The number of nitrogens with one attached hydrogen (secondary N) is 2. The molecule has 1 aliphatic heterocycles. The van der Waals surface area contributed by atoms with Crippen LogP contribution in [-0.2, 0) is 16.1 Å². The van der Waals surface area contributed by atoms with E-state index < -0.39 is 17.4 Å². The maximum absolute atomic E-state index is 12.5. The lowest BCUT2D eigenvalue weighted by Gasteiger charge is -2.33. The molecule has 3 rings (SSSR count). The fraction of sp³-hybridized carbons (Fsp3) is 0.222. The number of ether oxygens (including phenoxy) is 1. The van der Waals surface area contributed by atoms with Gasteiger partial charge < -0.3 is 15.4 Å². The Hall–Kier alpha value is -2.82. The van der Waals surface area contributed by atoms with Crippen molar-refractivity contribution in [2.75, 3.05) is 5.32 Å². The minimum Gasteiger partial charge on any atom is -0.466 e. The lowest BCUT2D eigenvalue weighted by atomic mass is 10.0. The van der Waals surface area contributed by atoms with Crippen molar-refractivity contribution in [2.45, 2.75) is 26.0 Å². The molecule has 1 heterocycles. The summed E-state index contributed by atoms with van der Waals surface area (Å²) in [4.78, 5) is 24.8. The number of benzene rings is 2. The summed E-state index contributed by atoms with van der Waals surface area (Å²) in [5.74, 6) is -0.454. The Morgan fingerprint density at radius 1 is 1.22 bits per heavy atom. The Kier molecular flexibility index (Phi) is 3.78. The molecule has 2 aromatic carbocycles. The van der Waals surface area contributed by atoms with Gasteiger partial charge >= 0.3 is 0 Å². The molecule has 0 aromatic heterocycles. The van der Waals surface area contributed by atoms with E-state index in [0.717, 1.165) is 11.1 Å². The molecule has 0 unspecified atom stereocenters. The molecule has 2 aromatic rings. The van der Waals surface area contributed by atoms with Crippen molar-refractivity contribution in [1.29, 1.82) is 0 Å². The second-order valence-corrected chi connectivity index (χ2v) is 5.76. The number of aryl methyl sites for hydroxylation is 1. The van der Waals surface area contributed by atoms with Gasteiger partial charge in [-0.25, -0.2) is 0 Å². The van der Waals surface area contributed by atoms with Crippen LogP contribution >= 0.6 is 0 Å². The number of anilines is 1. The van der Waals surface area contributed by atoms with E-state index in [9.17, 15) is 9.59 Å². The van der Waals surface area contributed by atoms with Crippen LogP contribution in [0.2, 0.25) is 0 Å². The quantitative estimate of drug-likeness (QED) is 0.856. The summed E-state index contributed by atoms with van der Waals surface area (Å²) >= 11 is 0. The molecule has 0 radical (unpaired) electrons. The van der Waals surface area contributed by atoms with E-state index in [-0.39, 0.29) is 0 Å². The number of fused-ring (bicyclic) bond motifs is 1. The summed E-state index contributed by atoms with van der Waals surface area (Å²) in [5.41, 5.74) is 1.07. The molecule has 5 nitrogen and oxygen atoms in total. The zero-order valence-electron chi connectivity index (χ0n) is 13.1. The van der Waals surface area contributed by atoms with Crippen molar-refractivity contribution >= 4 is 17.5 Å². The Morgan fingerprint density at radius 2 is 2.00 bits per heavy atom. The van der Waals surface area contributed by atoms with Crippen molar-refractivity contribution in [3.8, 4) is 5.75 Å². The van der Waals surface area contributed by atoms with Crippen LogP contribution in [0, 0.1) is 6.92 Å². The van der Waals surface area contributed by atoms with E-state index in [4.69, 9.17) is 4.74 Å². The summed E-state index contributed by atoms with van der Waals surface area (Å²) in [7, 11) is 0. The Labute approximate surface area is 134 Å². The molecule has 0 aliphatic carbocycles. The molecular formula is C18H18N2O3. The fourth-order valence-corrected chi connectivity index (χ4v) is 2.49. The highest BCUT2D eigenvalue weighted by atomic mass is 16.5. The maximum Gasteiger partial charge on any atom is 0.278 e. The van der Waals surface area contributed by atoms with E-state index >= 15 is 0 Å². The van der Waals surface area contributed by atoms with Gasteiger partial charge in [-0.3, -0.25) is 9.59 Å². The molecule has 23 heavy (non-hydrogen) atoms. The summed E-state index contributed by atoms with van der Waals surface area (Å²) in [6, 6.07) is 14.9. The normalized spacial score (nSPS) is 19.3. The summed E-state index contributed by atoms with van der Waals surface area (Å²) in [6.45, 7) is 3.81. The number of amides is 2. The van der Waals surface area contributed by atoms with Gasteiger partial charge in [-0.1, -0.05) is 42.0 Å². The van der Waals surface area contributed by atoms with E-state index in [1.54, 1.807) is 24.3 Å². The SMILES string of the molecule is Cc1cccc(CNC(=O)[C@@]2(C)Oc3ccccc3NC2=O)c1. The highest BCUT2D eigenvalue weighted by Crippen LogP contribution is 2.33. The minimum absolute atomic E-state index is 0.342.